The van der Waals surface area contributed by atoms with Gasteiger partial charge in [-0.1, -0.05) is 52.0 Å². The lowest BCUT2D eigenvalue weighted by molar-refractivity contribution is 0.00485. The Morgan fingerprint density at radius 1 is 1.09 bits per heavy atom. The fourth-order valence-electron chi connectivity index (χ4n) is 3.86. The minimum atomic E-state index is -0.586. The number of nitrogens with one attached hydrogen (secondary N) is 1. The highest BCUT2D eigenvalue weighted by atomic mass is 32.1. The molecule has 0 aliphatic heterocycles. The summed E-state index contributed by atoms with van der Waals surface area (Å²) in [5.74, 6) is 1.48. The zero-order valence-electron chi connectivity index (χ0n) is 19.7. The Kier molecular flexibility index (Phi) is 8.59. The second-order valence-electron chi connectivity index (χ2n) is 9.33. The molecule has 1 aromatic carbocycles. The van der Waals surface area contributed by atoms with Crippen LogP contribution in [0.3, 0.4) is 0 Å². The van der Waals surface area contributed by atoms with Gasteiger partial charge < -0.3 is 14.8 Å². The quantitative estimate of drug-likeness (QED) is 0.445. The molecule has 0 spiro atoms. The molecule has 0 aliphatic carbocycles. The number of fused-ring (bicyclic) bond motifs is 1. The van der Waals surface area contributed by atoms with E-state index in [0.717, 1.165) is 28.1 Å². The van der Waals surface area contributed by atoms with E-state index in [4.69, 9.17) is 9.72 Å². The smallest absolute Gasteiger partial charge is 0.260 e. The molecule has 0 radical (unpaired) electrons. The third kappa shape index (κ3) is 6.48. The van der Waals surface area contributed by atoms with Crippen LogP contribution >= 0.6 is 11.3 Å². The van der Waals surface area contributed by atoms with Crippen molar-refractivity contribution in [2.45, 2.75) is 47.3 Å². The first-order valence-corrected chi connectivity index (χ1v) is 12.2. The summed E-state index contributed by atoms with van der Waals surface area (Å²) in [5, 5.41) is 13.1. The number of hydrogen-bond acceptors (Lipinski definition) is 6. The minimum Gasteiger partial charge on any atom is -0.389 e. The number of aryl methyl sites for hydroxylation is 1. The minimum absolute atomic E-state index is 0.116. The Morgan fingerprint density at radius 3 is 2.53 bits per heavy atom. The van der Waals surface area contributed by atoms with Crippen molar-refractivity contribution in [3.63, 3.8) is 0 Å². The van der Waals surface area contributed by atoms with Gasteiger partial charge in [0.05, 0.1) is 24.6 Å². The molecule has 1 atom stereocenters. The van der Waals surface area contributed by atoms with Crippen LogP contribution < -0.4 is 5.56 Å². The maximum Gasteiger partial charge on any atom is 0.260 e. The summed E-state index contributed by atoms with van der Waals surface area (Å²) in [5.41, 5.74) is 3.01. The average molecular weight is 458 g/mol. The molecule has 0 saturated heterocycles. The highest BCUT2D eigenvalue weighted by Crippen LogP contribution is 2.32. The summed E-state index contributed by atoms with van der Waals surface area (Å²) in [4.78, 5) is 23.6. The average Bonchev–Trinajstić information content (AvgIpc) is 3.11. The zero-order chi connectivity index (χ0) is 23.3. The molecule has 2 heterocycles. The van der Waals surface area contributed by atoms with E-state index < -0.39 is 6.10 Å². The first kappa shape index (κ1) is 24.6. The largest absolute Gasteiger partial charge is 0.389 e. The SMILES string of the molecule is Cc1ccccc1-c1csc2nc(CN(CC(C)C)CC(O)COCC(C)C)[nH]c(=O)c12. The van der Waals surface area contributed by atoms with Gasteiger partial charge in [0.1, 0.15) is 10.7 Å². The monoisotopic (exact) mass is 457 g/mol. The normalized spacial score (nSPS) is 13.0. The van der Waals surface area contributed by atoms with Gasteiger partial charge in [-0.05, 0) is 29.9 Å². The Morgan fingerprint density at radius 2 is 1.84 bits per heavy atom. The summed E-state index contributed by atoms with van der Waals surface area (Å²) in [6, 6.07) is 8.08. The van der Waals surface area contributed by atoms with Gasteiger partial charge in [-0.25, -0.2) is 4.98 Å². The topological polar surface area (TPSA) is 78.5 Å². The molecule has 0 fully saturated rings. The van der Waals surface area contributed by atoms with Crippen LogP contribution in [0.4, 0.5) is 0 Å². The molecule has 2 N–H and O–H groups in total. The van der Waals surface area contributed by atoms with E-state index in [1.807, 2.05) is 23.6 Å². The molecular formula is C25H35N3O3S. The van der Waals surface area contributed by atoms with Crippen LogP contribution in [0.5, 0.6) is 0 Å². The van der Waals surface area contributed by atoms with Crippen LogP contribution in [0, 0.1) is 18.8 Å². The molecule has 0 aliphatic rings. The lowest BCUT2D eigenvalue weighted by Crippen LogP contribution is -2.37. The summed E-state index contributed by atoms with van der Waals surface area (Å²) < 4.78 is 5.60. The summed E-state index contributed by atoms with van der Waals surface area (Å²) >= 11 is 1.50. The molecule has 0 amide bonds. The fourth-order valence-corrected chi connectivity index (χ4v) is 4.82. The summed E-state index contributed by atoms with van der Waals surface area (Å²) in [6.07, 6.45) is -0.586. The van der Waals surface area contributed by atoms with Gasteiger partial charge in [-0.3, -0.25) is 9.69 Å². The fraction of sp³-hybridized carbons (Fsp3) is 0.520. The Bertz CT molecular complexity index is 1070. The Labute approximate surface area is 194 Å². The van der Waals surface area contributed by atoms with Gasteiger partial charge in [0.15, 0.2) is 0 Å². The predicted molar refractivity (Wildman–Crippen MR) is 132 cm³/mol. The number of aromatic amines is 1. The number of hydrogen-bond donors (Lipinski definition) is 2. The third-order valence-corrected chi connectivity index (χ3v) is 6.03. The highest BCUT2D eigenvalue weighted by Gasteiger charge is 2.18. The van der Waals surface area contributed by atoms with Crippen molar-refractivity contribution in [3.05, 3.63) is 51.4 Å². The van der Waals surface area contributed by atoms with Gasteiger partial charge in [0.25, 0.3) is 5.56 Å². The van der Waals surface area contributed by atoms with Gasteiger partial charge in [0, 0.05) is 30.6 Å². The zero-order valence-corrected chi connectivity index (χ0v) is 20.5. The third-order valence-electron chi connectivity index (χ3n) is 5.16. The molecule has 6 nitrogen and oxygen atoms in total. The highest BCUT2D eigenvalue weighted by molar-refractivity contribution is 7.17. The van der Waals surface area contributed by atoms with Gasteiger partial charge in [-0.15, -0.1) is 11.3 Å². The number of H-pyrrole nitrogens is 1. The predicted octanol–water partition coefficient (Wildman–Crippen LogP) is 4.45. The maximum atomic E-state index is 13.0. The number of ether oxygens (including phenoxy) is 1. The molecule has 3 rings (SSSR count). The van der Waals surface area contributed by atoms with Crippen LogP contribution in [0.1, 0.15) is 39.1 Å². The lowest BCUT2D eigenvalue weighted by Gasteiger charge is -2.26. The molecular weight excluding hydrogens is 422 g/mol. The second kappa shape index (κ2) is 11.2. The van der Waals surface area contributed by atoms with E-state index in [0.29, 0.717) is 49.3 Å². The van der Waals surface area contributed by atoms with E-state index in [1.54, 1.807) is 0 Å². The van der Waals surface area contributed by atoms with Gasteiger partial charge in [0.2, 0.25) is 0 Å². The number of aliphatic hydroxyl groups is 1. The van der Waals surface area contributed by atoms with E-state index in [1.165, 1.54) is 11.3 Å². The molecule has 2 aromatic heterocycles. The van der Waals surface area contributed by atoms with Crippen molar-refractivity contribution in [2.75, 3.05) is 26.3 Å². The van der Waals surface area contributed by atoms with Gasteiger partial charge >= 0.3 is 0 Å². The number of aromatic nitrogens is 2. The van der Waals surface area contributed by atoms with Crippen molar-refractivity contribution >= 4 is 21.6 Å². The number of aliphatic hydroxyl groups excluding tert-OH is 1. The van der Waals surface area contributed by atoms with Crippen molar-refractivity contribution in [1.82, 2.24) is 14.9 Å². The molecule has 0 bridgehead atoms. The maximum absolute atomic E-state index is 13.0. The van der Waals surface area contributed by atoms with Crippen LogP contribution in [0.25, 0.3) is 21.3 Å². The van der Waals surface area contributed by atoms with Crippen LogP contribution in [0.2, 0.25) is 0 Å². The molecule has 1 unspecified atom stereocenters. The van der Waals surface area contributed by atoms with Crippen LogP contribution in [-0.2, 0) is 11.3 Å². The van der Waals surface area contributed by atoms with Crippen LogP contribution in [-0.4, -0.2) is 52.4 Å². The molecule has 0 saturated carbocycles. The first-order valence-electron chi connectivity index (χ1n) is 11.3. The summed E-state index contributed by atoms with van der Waals surface area (Å²) in [7, 11) is 0. The number of nitrogens with zero attached hydrogens (tertiary/aromatic N) is 2. The van der Waals surface area contributed by atoms with E-state index in [2.05, 4.69) is 50.6 Å². The number of benzene rings is 1. The van der Waals surface area contributed by atoms with Crippen molar-refractivity contribution < 1.29 is 9.84 Å². The second-order valence-corrected chi connectivity index (χ2v) is 10.2. The number of thiophene rings is 1. The lowest BCUT2D eigenvalue weighted by atomic mass is 10.0. The van der Waals surface area contributed by atoms with E-state index in [-0.39, 0.29) is 5.56 Å². The standard InChI is InChI=1S/C25H35N3O3S/c1-16(2)10-28(11-19(29)14-31-13-17(3)4)12-22-26-24(30)23-21(15-32-25(23)27-22)20-9-7-6-8-18(20)5/h6-9,15-17,19,29H,10-14H2,1-5H3,(H,26,27,30). The van der Waals surface area contributed by atoms with Crippen LogP contribution in [0.15, 0.2) is 34.4 Å². The summed E-state index contributed by atoms with van der Waals surface area (Å²) in [6.45, 7) is 13.2. The van der Waals surface area contributed by atoms with E-state index in [9.17, 15) is 9.90 Å². The molecule has 174 valence electrons. The Hall–Kier alpha value is -2.06. The first-order chi connectivity index (χ1) is 15.2. The van der Waals surface area contributed by atoms with Gasteiger partial charge in [-0.2, -0.15) is 0 Å². The Balaban J connectivity index is 1.79. The van der Waals surface area contributed by atoms with Crippen molar-refractivity contribution in [3.8, 4) is 11.1 Å². The molecule has 32 heavy (non-hydrogen) atoms. The van der Waals surface area contributed by atoms with Crippen molar-refractivity contribution in [2.24, 2.45) is 11.8 Å². The number of rotatable bonds is 11. The molecule has 7 heteroatoms. The molecule has 3 aromatic rings. The van der Waals surface area contributed by atoms with E-state index >= 15 is 0 Å². The van der Waals surface area contributed by atoms with Crippen molar-refractivity contribution in [1.29, 1.82) is 0 Å².